The lowest BCUT2D eigenvalue weighted by molar-refractivity contribution is 0.646. The molecular weight excluding hydrogens is 324 g/mol. The number of nitriles is 1. The standard InChI is InChI=1S/C20H24N6/c1-16-14-18(5-4-17(16)15-21)24-10-12-25(13-11-24)19-6-7-22-20(23-19)26-8-2-3-9-26/h4-7,14H,2-3,8-13H2,1H3. The molecule has 4 rings (SSSR count). The Kier molecular flexibility index (Phi) is 4.61. The van der Waals surface area contributed by atoms with Gasteiger partial charge in [-0.15, -0.1) is 0 Å². The third kappa shape index (κ3) is 3.30. The van der Waals surface area contributed by atoms with Crippen molar-refractivity contribution in [3.05, 3.63) is 41.6 Å². The first-order valence-corrected chi connectivity index (χ1v) is 9.33. The Bertz CT molecular complexity index is 813. The van der Waals surface area contributed by atoms with E-state index in [0.717, 1.165) is 62.2 Å². The predicted molar refractivity (Wildman–Crippen MR) is 104 cm³/mol. The van der Waals surface area contributed by atoms with Gasteiger partial charge in [-0.05, 0) is 49.6 Å². The summed E-state index contributed by atoms with van der Waals surface area (Å²) >= 11 is 0. The van der Waals surface area contributed by atoms with Gasteiger partial charge in [0.1, 0.15) is 5.82 Å². The average molecular weight is 348 g/mol. The Morgan fingerprint density at radius 2 is 1.65 bits per heavy atom. The minimum atomic E-state index is 0.753. The molecule has 0 bridgehead atoms. The van der Waals surface area contributed by atoms with Crippen LogP contribution >= 0.6 is 0 Å². The molecule has 2 aromatic rings. The Morgan fingerprint density at radius 1 is 0.923 bits per heavy atom. The van der Waals surface area contributed by atoms with E-state index in [1.807, 2.05) is 25.3 Å². The molecule has 0 spiro atoms. The summed E-state index contributed by atoms with van der Waals surface area (Å²) in [6.07, 6.45) is 4.35. The van der Waals surface area contributed by atoms with E-state index in [4.69, 9.17) is 10.2 Å². The lowest BCUT2D eigenvalue weighted by Gasteiger charge is -2.37. The maximum absolute atomic E-state index is 9.10. The first-order chi connectivity index (χ1) is 12.7. The van der Waals surface area contributed by atoms with Crippen LogP contribution in [0, 0.1) is 18.3 Å². The summed E-state index contributed by atoms with van der Waals surface area (Å²) in [5.41, 5.74) is 2.99. The van der Waals surface area contributed by atoms with Gasteiger partial charge in [0.25, 0.3) is 0 Å². The predicted octanol–water partition coefficient (Wildman–Crippen LogP) is 2.58. The number of anilines is 3. The highest BCUT2D eigenvalue weighted by Crippen LogP contribution is 2.23. The molecule has 0 unspecified atom stereocenters. The molecule has 134 valence electrons. The molecule has 0 saturated carbocycles. The molecule has 0 N–H and O–H groups in total. The molecule has 6 heteroatoms. The van der Waals surface area contributed by atoms with Gasteiger partial charge in [0.05, 0.1) is 11.6 Å². The van der Waals surface area contributed by atoms with E-state index in [9.17, 15) is 0 Å². The number of piperazine rings is 1. The highest BCUT2D eigenvalue weighted by molar-refractivity contribution is 5.55. The Balaban J connectivity index is 1.43. The van der Waals surface area contributed by atoms with Gasteiger partial charge in [-0.2, -0.15) is 10.2 Å². The van der Waals surface area contributed by atoms with Gasteiger partial charge in [-0.25, -0.2) is 4.98 Å². The first-order valence-electron chi connectivity index (χ1n) is 9.33. The van der Waals surface area contributed by atoms with Crippen LogP contribution < -0.4 is 14.7 Å². The van der Waals surface area contributed by atoms with Crippen molar-refractivity contribution < 1.29 is 0 Å². The number of benzene rings is 1. The normalized spacial score (nSPS) is 17.5. The fourth-order valence-electron chi connectivity index (χ4n) is 3.75. The second-order valence-electron chi connectivity index (χ2n) is 6.99. The zero-order valence-corrected chi connectivity index (χ0v) is 15.2. The van der Waals surface area contributed by atoms with Crippen LogP contribution in [0.1, 0.15) is 24.0 Å². The molecule has 2 aliphatic rings. The number of hydrogen-bond acceptors (Lipinski definition) is 6. The number of aryl methyl sites for hydroxylation is 1. The number of hydrogen-bond donors (Lipinski definition) is 0. The van der Waals surface area contributed by atoms with Crippen LogP contribution in [0.15, 0.2) is 30.5 Å². The van der Waals surface area contributed by atoms with Gasteiger partial charge in [0.2, 0.25) is 5.95 Å². The summed E-state index contributed by atoms with van der Waals surface area (Å²) in [6, 6.07) is 10.3. The van der Waals surface area contributed by atoms with E-state index < -0.39 is 0 Å². The first kappa shape index (κ1) is 16.6. The summed E-state index contributed by atoms with van der Waals surface area (Å²) in [5.74, 6) is 1.89. The maximum atomic E-state index is 9.10. The molecule has 1 aromatic heterocycles. The molecule has 0 radical (unpaired) electrons. The smallest absolute Gasteiger partial charge is 0.227 e. The zero-order chi connectivity index (χ0) is 17.9. The zero-order valence-electron chi connectivity index (χ0n) is 15.2. The van der Waals surface area contributed by atoms with Crippen LogP contribution in [0.3, 0.4) is 0 Å². The van der Waals surface area contributed by atoms with Gasteiger partial charge >= 0.3 is 0 Å². The molecule has 3 heterocycles. The molecule has 0 atom stereocenters. The van der Waals surface area contributed by atoms with Crippen LogP contribution in [0.4, 0.5) is 17.5 Å². The van der Waals surface area contributed by atoms with Crippen molar-refractivity contribution in [1.29, 1.82) is 5.26 Å². The van der Waals surface area contributed by atoms with Crippen LogP contribution in [-0.2, 0) is 0 Å². The van der Waals surface area contributed by atoms with Crippen molar-refractivity contribution in [3.8, 4) is 6.07 Å². The van der Waals surface area contributed by atoms with Crippen molar-refractivity contribution in [2.75, 3.05) is 54.0 Å². The largest absolute Gasteiger partial charge is 0.368 e. The Morgan fingerprint density at radius 3 is 2.35 bits per heavy atom. The third-order valence-electron chi connectivity index (χ3n) is 5.32. The second-order valence-corrected chi connectivity index (χ2v) is 6.99. The van der Waals surface area contributed by atoms with Gasteiger partial charge in [0.15, 0.2) is 0 Å². The van der Waals surface area contributed by atoms with Crippen LogP contribution in [0.25, 0.3) is 0 Å². The van der Waals surface area contributed by atoms with Gasteiger partial charge < -0.3 is 14.7 Å². The van der Waals surface area contributed by atoms with Crippen molar-refractivity contribution in [2.45, 2.75) is 19.8 Å². The quantitative estimate of drug-likeness (QED) is 0.850. The van der Waals surface area contributed by atoms with Crippen molar-refractivity contribution >= 4 is 17.5 Å². The Labute approximate surface area is 154 Å². The topological polar surface area (TPSA) is 59.3 Å². The molecule has 2 fully saturated rings. The minimum absolute atomic E-state index is 0.753. The number of rotatable bonds is 3. The van der Waals surface area contributed by atoms with Crippen molar-refractivity contribution in [3.63, 3.8) is 0 Å². The van der Waals surface area contributed by atoms with Crippen molar-refractivity contribution in [1.82, 2.24) is 9.97 Å². The molecule has 26 heavy (non-hydrogen) atoms. The maximum Gasteiger partial charge on any atom is 0.227 e. The van der Waals surface area contributed by atoms with Crippen molar-refractivity contribution in [2.24, 2.45) is 0 Å². The van der Waals surface area contributed by atoms with Gasteiger partial charge in [0, 0.05) is 51.2 Å². The summed E-state index contributed by atoms with van der Waals surface area (Å²) in [6.45, 7) is 7.91. The molecular formula is C20H24N6. The van der Waals surface area contributed by atoms with E-state index in [-0.39, 0.29) is 0 Å². The molecule has 0 amide bonds. The molecule has 0 aliphatic carbocycles. The Hall–Kier alpha value is -2.81. The number of aromatic nitrogens is 2. The highest BCUT2D eigenvalue weighted by Gasteiger charge is 2.21. The summed E-state index contributed by atoms with van der Waals surface area (Å²) < 4.78 is 0. The van der Waals surface area contributed by atoms with E-state index >= 15 is 0 Å². The van der Waals surface area contributed by atoms with Crippen LogP contribution in [0.2, 0.25) is 0 Å². The molecule has 6 nitrogen and oxygen atoms in total. The van der Waals surface area contributed by atoms with E-state index in [1.165, 1.54) is 18.5 Å². The number of nitrogens with zero attached hydrogens (tertiary/aromatic N) is 6. The molecule has 2 saturated heterocycles. The monoisotopic (exact) mass is 348 g/mol. The fourth-order valence-corrected chi connectivity index (χ4v) is 3.75. The average Bonchev–Trinajstić information content (AvgIpc) is 3.23. The lowest BCUT2D eigenvalue weighted by atomic mass is 10.1. The SMILES string of the molecule is Cc1cc(N2CCN(c3ccnc(N4CCCC4)n3)CC2)ccc1C#N. The molecule has 1 aromatic carbocycles. The fraction of sp³-hybridized carbons (Fsp3) is 0.450. The summed E-state index contributed by atoms with van der Waals surface area (Å²) in [7, 11) is 0. The van der Waals surface area contributed by atoms with Gasteiger partial charge in [-0.1, -0.05) is 0 Å². The molecule has 2 aliphatic heterocycles. The van der Waals surface area contributed by atoms with Crippen LogP contribution in [0.5, 0.6) is 0 Å². The van der Waals surface area contributed by atoms with Gasteiger partial charge in [-0.3, -0.25) is 0 Å². The summed E-state index contributed by atoms with van der Waals surface area (Å²) in [4.78, 5) is 16.3. The van der Waals surface area contributed by atoms with E-state index in [0.29, 0.717) is 0 Å². The highest BCUT2D eigenvalue weighted by atomic mass is 15.3. The second kappa shape index (κ2) is 7.20. The van der Waals surface area contributed by atoms with E-state index in [1.54, 1.807) is 0 Å². The third-order valence-corrected chi connectivity index (χ3v) is 5.32. The van der Waals surface area contributed by atoms with E-state index in [2.05, 4.69) is 37.9 Å². The lowest BCUT2D eigenvalue weighted by Crippen LogP contribution is -2.47. The summed E-state index contributed by atoms with van der Waals surface area (Å²) in [5, 5.41) is 9.10. The minimum Gasteiger partial charge on any atom is -0.368 e. The van der Waals surface area contributed by atoms with Crippen LogP contribution in [-0.4, -0.2) is 49.2 Å².